The Balaban J connectivity index is 0.00000133. The van der Waals surface area contributed by atoms with Gasteiger partial charge in [0.2, 0.25) is 0 Å². The van der Waals surface area contributed by atoms with Gasteiger partial charge in [-0.2, -0.15) is 0 Å². The number of hydrogen-bond donors (Lipinski definition) is 2. The maximum atomic E-state index is 5.94. The number of halogens is 1. The molecule has 3 rings (SSSR count). The van der Waals surface area contributed by atoms with E-state index in [9.17, 15) is 0 Å². The van der Waals surface area contributed by atoms with Crippen molar-refractivity contribution >= 4 is 29.9 Å². The van der Waals surface area contributed by atoms with Crippen LogP contribution < -0.4 is 10.6 Å². The molecule has 1 spiro atoms. The highest BCUT2D eigenvalue weighted by atomic mass is 127. The van der Waals surface area contributed by atoms with Gasteiger partial charge in [0.1, 0.15) is 0 Å². The smallest absolute Gasteiger partial charge is 0.191 e. The molecule has 1 heterocycles. The van der Waals surface area contributed by atoms with Crippen LogP contribution in [0, 0.1) is 11.3 Å². The van der Waals surface area contributed by atoms with Crippen LogP contribution in [0.5, 0.6) is 0 Å². The molecule has 2 N–H and O–H groups in total. The van der Waals surface area contributed by atoms with E-state index in [-0.39, 0.29) is 24.0 Å². The number of hydrogen-bond acceptors (Lipinski definition) is 2. The highest BCUT2D eigenvalue weighted by molar-refractivity contribution is 14.0. The Hall–Kier alpha value is -0.0400. The molecule has 1 aliphatic heterocycles. The van der Waals surface area contributed by atoms with E-state index in [0.29, 0.717) is 29.5 Å². The number of nitrogens with zero attached hydrogens (tertiary/aromatic N) is 1. The van der Waals surface area contributed by atoms with Gasteiger partial charge in [0.15, 0.2) is 5.96 Å². The summed E-state index contributed by atoms with van der Waals surface area (Å²) in [6.07, 6.45) is 5.75. The Morgan fingerprint density at radius 2 is 2.11 bits per heavy atom. The summed E-state index contributed by atoms with van der Waals surface area (Å²) < 4.78 is 5.94. The van der Waals surface area contributed by atoms with Gasteiger partial charge in [-0.05, 0) is 33.1 Å². The van der Waals surface area contributed by atoms with Gasteiger partial charge >= 0.3 is 0 Å². The van der Waals surface area contributed by atoms with Crippen LogP contribution in [0.4, 0.5) is 0 Å². The van der Waals surface area contributed by atoms with Gasteiger partial charge in [-0.25, -0.2) is 0 Å². The molecule has 0 amide bonds. The van der Waals surface area contributed by atoms with Gasteiger partial charge in [-0.3, -0.25) is 4.99 Å². The number of ether oxygens (including phenoxy) is 1. The van der Waals surface area contributed by atoms with Gasteiger partial charge < -0.3 is 15.4 Å². The van der Waals surface area contributed by atoms with E-state index in [1.807, 2.05) is 7.05 Å². The van der Waals surface area contributed by atoms with Crippen molar-refractivity contribution in [1.82, 2.24) is 10.6 Å². The molecular weight excluding hydrogens is 353 g/mol. The topological polar surface area (TPSA) is 45.7 Å². The predicted molar refractivity (Wildman–Crippen MR) is 88.1 cm³/mol. The minimum absolute atomic E-state index is 0. The van der Waals surface area contributed by atoms with Crippen molar-refractivity contribution in [2.45, 2.75) is 57.7 Å². The van der Waals surface area contributed by atoms with Crippen molar-refractivity contribution < 1.29 is 4.74 Å². The molecule has 4 nitrogen and oxygen atoms in total. The Kier molecular flexibility index (Phi) is 4.65. The second-order valence-electron chi connectivity index (χ2n) is 6.32. The summed E-state index contributed by atoms with van der Waals surface area (Å²) in [6.45, 7) is 5.24. The first-order chi connectivity index (χ1) is 8.67. The lowest BCUT2D eigenvalue weighted by Crippen LogP contribution is -2.72. The molecule has 110 valence electrons. The third-order valence-corrected chi connectivity index (χ3v) is 4.98. The molecule has 0 aromatic heterocycles. The third-order valence-electron chi connectivity index (χ3n) is 4.98. The predicted octanol–water partition coefficient (Wildman–Crippen LogP) is 2.14. The van der Waals surface area contributed by atoms with Gasteiger partial charge in [-0.15, -0.1) is 24.0 Å². The van der Waals surface area contributed by atoms with Crippen LogP contribution >= 0.6 is 24.0 Å². The summed E-state index contributed by atoms with van der Waals surface area (Å²) in [4.78, 5) is 4.34. The molecule has 3 aliphatic rings. The lowest BCUT2D eigenvalue weighted by Gasteiger charge is -2.63. The molecule has 3 atom stereocenters. The van der Waals surface area contributed by atoms with Crippen molar-refractivity contribution in [3.8, 4) is 0 Å². The van der Waals surface area contributed by atoms with Crippen molar-refractivity contribution in [3.05, 3.63) is 0 Å². The summed E-state index contributed by atoms with van der Waals surface area (Å²) >= 11 is 0. The fraction of sp³-hybridized carbons (Fsp3) is 0.929. The summed E-state index contributed by atoms with van der Waals surface area (Å²) in [5.74, 6) is 1.66. The van der Waals surface area contributed by atoms with Crippen molar-refractivity contribution in [3.63, 3.8) is 0 Å². The third kappa shape index (κ3) is 2.37. The average Bonchev–Trinajstić information content (AvgIpc) is 2.66. The highest BCUT2D eigenvalue weighted by Crippen LogP contribution is 2.62. The number of fused-ring (bicyclic) bond motifs is 2. The Labute approximate surface area is 133 Å². The Morgan fingerprint density at radius 3 is 2.63 bits per heavy atom. The molecule has 0 aromatic carbocycles. The Bertz CT molecular complexity index is 355. The summed E-state index contributed by atoms with van der Waals surface area (Å²) in [6, 6.07) is 0.993. The fourth-order valence-corrected chi connectivity index (χ4v) is 4.05. The van der Waals surface area contributed by atoms with E-state index in [1.165, 1.54) is 25.7 Å². The number of rotatable bonds is 2. The van der Waals surface area contributed by atoms with E-state index in [0.717, 1.165) is 12.6 Å². The normalized spacial score (nSPS) is 35.2. The Morgan fingerprint density at radius 1 is 1.37 bits per heavy atom. The van der Waals surface area contributed by atoms with Crippen molar-refractivity contribution in [2.75, 3.05) is 13.7 Å². The standard InChI is InChI=1S/C14H25N3O.HI/c1-9(2)16-13(15-3)17-11-10-5-8-18-12(10)14(11)6-4-7-14;/h9-12H,4-8H2,1-3H3,(H2,15,16,17);1H. The molecule has 3 fully saturated rings. The SMILES string of the molecule is CN=C(NC(C)C)NC1C2CCOC2C12CCC2.I. The number of aliphatic imine (C=N–C) groups is 1. The van der Waals surface area contributed by atoms with Gasteiger partial charge in [-0.1, -0.05) is 6.42 Å². The van der Waals surface area contributed by atoms with E-state index in [4.69, 9.17) is 4.74 Å². The molecular formula is C14H26IN3O. The molecule has 2 aliphatic carbocycles. The average molecular weight is 379 g/mol. The molecule has 19 heavy (non-hydrogen) atoms. The van der Waals surface area contributed by atoms with Crippen molar-refractivity contribution in [2.24, 2.45) is 16.3 Å². The second kappa shape index (κ2) is 5.76. The summed E-state index contributed by atoms with van der Waals surface area (Å²) in [5, 5.41) is 7.05. The van der Waals surface area contributed by atoms with Crippen LogP contribution in [0.25, 0.3) is 0 Å². The van der Waals surface area contributed by atoms with E-state index in [2.05, 4.69) is 29.5 Å². The van der Waals surface area contributed by atoms with Crippen LogP contribution in [0.1, 0.15) is 39.5 Å². The fourth-order valence-electron chi connectivity index (χ4n) is 4.05. The summed E-state index contributed by atoms with van der Waals surface area (Å²) in [5.41, 5.74) is 0.426. The number of guanidine groups is 1. The van der Waals surface area contributed by atoms with Crippen LogP contribution in [0.15, 0.2) is 4.99 Å². The lowest BCUT2D eigenvalue weighted by atomic mass is 9.46. The molecule has 3 unspecified atom stereocenters. The van der Waals surface area contributed by atoms with Gasteiger partial charge in [0.05, 0.1) is 6.10 Å². The van der Waals surface area contributed by atoms with Crippen LogP contribution in [-0.2, 0) is 4.74 Å². The number of nitrogens with one attached hydrogen (secondary N) is 2. The maximum Gasteiger partial charge on any atom is 0.191 e. The maximum absolute atomic E-state index is 5.94. The molecule has 1 saturated heterocycles. The molecule has 0 bridgehead atoms. The summed E-state index contributed by atoms with van der Waals surface area (Å²) in [7, 11) is 1.85. The van der Waals surface area contributed by atoms with Crippen molar-refractivity contribution in [1.29, 1.82) is 0 Å². The zero-order chi connectivity index (χ0) is 12.8. The highest BCUT2D eigenvalue weighted by Gasteiger charge is 2.66. The van der Waals surface area contributed by atoms with E-state index < -0.39 is 0 Å². The first-order valence-electron chi connectivity index (χ1n) is 7.29. The molecule has 5 heteroatoms. The van der Waals surface area contributed by atoms with Crippen LogP contribution in [0.3, 0.4) is 0 Å². The second-order valence-corrected chi connectivity index (χ2v) is 6.32. The monoisotopic (exact) mass is 379 g/mol. The minimum Gasteiger partial charge on any atom is -0.377 e. The minimum atomic E-state index is 0. The largest absolute Gasteiger partial charge is 0.377 e. The molecule has 2 saturated carbocycles. The first-order valence-corrected chi connectivity index (χ1v) is 7.29. The zero-order valence-electron chi connectivity index (χ0n) is 12.1. The van der Waals surface area contributed by atoms with Gasteiger partial charge in [0.25, 0.3) is 0 Å². The van der Waals surface area contributed by atoms with E-state index in [1.54, 1.807) is 0 Å². The van der Waals surface area contributed by atoms with Crippen LogP contribution in [-0.4, -0.2) is 37.8 Å². The zero-order valence-corrected chi connectivity index (χ0v) is 14.4. The van der Waals surface area contributed by atoms with Crippen LogP contribution in [0.2, 0.25) is 0 Å². The quantitative estimate of drug-likeness (QED) is 0.439. The molecule has 0 aromatic rings. The van der Waals surface area contributed by atoms with Gasteiger partial charge in [0, 0.05) is 37.1 Å². The molecule has 0 radical (unpaired) electrons. The first kappa shape index (κ1) is 15.4. The van der Waals surface area contributed by atoms with E-state index >= 15 is 0 Å². The lowest BCUT2D eigenvalue weighted by molar-refractivity contribution is -0.171.